The zero-order valence-corrected chi connectivity index (χ0v) is 13.2. The maximum absolute atomic E-state index is 12.8. The van der Waals surface area contributed by atoms with Gasteiger partial charge in [0.25, 0.3) is 0 Å². The zero-order chi connectivity index (χ0) is 16.6. The highest BCUT2D eigenvalue weighted by Crippen LogP contribution is 2.21. The Labute approximate surface area is 127 Å². The van der Waals surface area contributed by atoms with Gasteiger partial charge in [0.1, 0.15) is 5.82 Å². The second-order valence-corrected chi connectivity index (χ2v) is 5.28. The summed E-state index contributed by atoms with van der Waals surface area (Å²) in [6, 6.07) is 0. The number of anilines is 1. The fourth-order valence-corrected chi connectivity index (χ4v) is 2.42. The minimum absolute atomic E-state index is 0.00590. The van der Waals surface area contributed by atoms with Crippen LogP contribution in [0.4, 0.5) is 14.6 Å². The minimum Gasteiger partial charge on any atom is -0.310 e. The van der Waals surface area contributed by atoms with Gasteiger partial charge in [0, 0.05) is 23.9 Å². The molecule has 2 aromatic heterocycles. The number of carbonyl (C=O) groups is 1. The van der Waals surface area contributed by atoms with Crippen LogP contribution >= 0.6 is 0 Å². The highest BCUT2D eigenvalue weighted by molar-refractivity contribution is 5.92. The molecule has 0 aromatic carbocycles. The molecule has 0 bridgehead atoms. The van der Waals surface area contributed by atoms with Crippen molar-refractivity contribution in [2.75, 3.05) is 5.32 Å². The van der Waals surface area contributed by atoms with Crippen LogP contribution in [-0.2, 0) is 18.3 Å². The lowest BCUT2D eigenvalue weighted by Gasteiger charge is -2.07. The molecule has 120 valence electrons. The second kappa shape index (κ2) is 5.86. The largest absolute Gasteiger partial charge is 0.333 e. The topological polar surface area (TPSA) is 64.7 Å². The lowest BCUT2D eigenvalue weighted by atomic mass is 10.1. The van der Waals surface area contributed by atoms with E-state index in [2.05, 4.69) is 15.5 Å². The predicted octanol–water partition coefficient (Wildman–Crippen LogP) is 2.43. The average Bonchev–Trinajstić information content (AvgIpc) is 2.83. The van der Waals surface area contributed by atoms with Crippen molar-refractivity contribution < 1.29 is 13.6 Å². The first-order valence-corrected chi connectivity index (χ1v) is 6.85. The van der Waals surface area contributed by atoms with Crippen LogP contribution in [0.1, 0.15) is 34.8 Å². The highest BCUT2D eigenvalue weighted by Gasteiger charge is 2.20. The molecular weight excluding hydrogens is 292 g/mol. The molecule has 0 atom stereocenters. The van der Waals surface area contributed by atoms with Crippen molar-refractivity contribution in [2.24, 2.45) is 7.05 Å². The van der Waals surface area contributed by atoms with Crippen LogP contribution in [-0.4, -0.2) is 25.5 Å². The van der Waals surface area contributed by atoms with Gasteiger partial charge in [0.15, 0.2) is 0 Å². The Balaban J connectivity index is 2.19. The molecule has 0 radical (unpaired) electrons. The van der Waals surface area contributed by atoms with E-state index in [-0.39, 0.29) is 12.3 Å². The number of halogens is 2. The van der Waals surface area contributed by atoms with Crippen molar-refractivity contribution in [2.45, 2.75) is 40.7 Å². The molecule has 1 N–H and O–H groups in total. The van der Waals surface area contributed by atoms with E-state index in [9.17, 15) is 13.6 Å². The lowest BCUT2D eigenvalue weighted by Crippen LogP contribution is -2.18. The number of hydrogen-bond donors (Lipinski definition) is 1. The summed E-state index contributed by atoms with van der Waals surface area (Å²) in [7, 11) is 1.74. The van der Waals surface area contributed by atoms with Gasteiger partial charge in [-0.3, -0.25) is 9.48 Å². The smallest absolute Gasteiger partial charge is 0.310 e. The molecule has 0 aliphatic carbocycles. The number of aromatic nitrogens is 4. The van der Waals surface area contributed by atoms with E-state index >= 15 is 0 Å². The molecule has 2 aromatic rings. The molecule has 22 heavy (non-hydrogen) atoms. The van der Waals surface area contributed by atoms with Crippen LogP contribution in [0.2, 0.25) is 0 Å². The van der Waals surface area contributed by atoms with Crippen LogP contribution < -0.4 is 5.32 Å². The monoisotopic (exact) mass is 311 g/mol. The molecule has 1 amide bonds. The van der Waals surface area contributed by atoms with Gasteiger partial charge in [0.2, 0.25) is 5.91 Å². The molecule has 6 nitrogen and oxygen atoms in total. The number of nitrogens with one attached hydrogen (secondary N) is 1. The average molecular weight is 311 g/mol. The number of amides is 1. The van der Waals surface area contributed by atoms with E-state index in [1.807, 2.05) is 13.8 Å². The van der Waals surface area contributed by atoms with Crippen molar-refractivity contribution in [3.63, 3.8) is 0 Å². The minimum atomic E-state index is -2.71. The maximum Gasteiger partial charge on any atom is 0.333 e. The van der Waals surface area contributed by atoms with Gasteiger partial charge in [-0.1, -0.05) is 0 Å². The first-order valence-electron chi connectivity index (χ1n) is 6.85. The van der Waals surface area contributed by atoms with Gasteiger partial charge >= 0.3 is 6.55 Å². The van der Waals surface area contributed by atoms with Crippen molar-refractivity contribution in [1.82, 2.24) is 19.6 Å². The van der Waals surface area contributed by atoms with Gasteiger partial charge in [-0.15, -0.1) is 0 Å². The summed E-state index contributed by atoms with van der Waals surface area (Å²) in [6.45, 7) is 4.16. The Kier molecular flexibility index (Phi) is 4.30. The molecule has 0 spiro atoms. The summed E-state index contributed by atoms with van der Waals surface area (Å²) in [6.07, 6.45) is -0.00590. The van der Waals surface area contributed by atoms with E-state index in [1.54, 1.807) is 18.7 Å². The molecule has 2 heterocycles. The van der Waals surface area contributed by atoms with E-state index in [0.29, 0.717) is 27.5 Å². The van der Waals surface area contributed by atoms with Crippen LogP contribution in [0.3, 0.4) is 0 Å². The molecule has 0 fully saturated rings. The summed E-state index contributed by atoms with van der Waals surface area (Å²) in [5.41, 5.74) is 2.98. The summed E-state index contributed by atoms with van der Waals surface area (Å²) in [5.74, 6) is 0.324. The second-order valence-electron chi connectivity index (χ2n) is 5.28. The van der Waals surface area contributed by atoms with E-state index in [1.165, 1.54) is 6.92 Å². The maximum atomic E-state index is 12.8. The van der Waals surface area contributed by atoms with E-state index < -0.39 is 6.55 Å². The quantitative estimate of drug-likeness (QED) is 0.943. The molecule has 0 aliphatic heterocycles. The highest BCUT2D eigenvalue weighted by atomic mass is 19.3. The summed E-state index contributed by atoms with van der Waals surface area (Å²) in [4.78, 5) is 12.2. The third kappa shape index (κ3) is 2.86. The Hall–Kier alpha value is -2.25. The normalized spacial score (nSPS) is 11.3. The predicted molar refractivity (Wildman–Crippen MR) is 78.0 cm³/mol. The van der Waals surface area contributed by atoms with Crippen molar-refractivity contribution in [1.29, 1.82) is 0 Å². The van der Waals surface area contributed by atoms with Crippen molar-refractivity contribution in [3.8, 4) is 0 Å². The summed E-state index contributed by atoms with van der Waals surface area (Å²) >= 11 is 0. The zero-order valence-electron chi connectivity index (χ0n) is 13.2. The fourth-order valence-electron chi connectivity index (χ4n) is 2.42. The summed E-state index contributed by atoms with van der Waals surface area (Å²) in [5, 5.41) is 10.8. The third-order valence-electron chi connectivity index (χ3n) is 3.78. The van der Waals surface area contributed by atoms with Gasteiger partial charge in [-0.05, 0) is 27.7 Å². The molecular formula is C14H19F2N5O. The first-order chi connectivity index (χ1) is 10.2. The molecule has 0 aliphatic rings. The third-order valence-corrected chi connectivity index (χ3v) is 3.78. The molecule has 0 saturated carbocycles. The van der Waals surface area contributed by atoms with Crippen LogP contribution in [0.25, 0.3) is 0 Å². The van der Waals surface area contributed by atoms with Crippen LogP contribution in [0.15, 0.2) is 0 Å². The molecule has 8 heteroatoms. The Morgan fingerprint density at radius 2 is 1.82 bits per heavy atom. The number of hydrogen-bond acceptors (Lipinski definition) is 3. The van der Waals surface area contributed by atoms with Gasteiger partial charge in [-0.2, -0.15) is 19.0 Å². The van der Waals surface area contributed by atoms with Crippen LogP contribution in [0.5, 0.6) is 0 Å². The lowest BCUT2D eigenvalue weighted by molar-refractivity contribution is -0.115. The fraction of sp³-hybridized carbons (Fsp3) is 0.500. The Morgan fingerprint density at radius 3 is 2.27 bits per heavy atom. The SMILES string of the molecule is Cc1nn(C)c(NC(=O)Cc2c(C)nn(C(F)F)c2C)c1C. The van der Waals surface area contributed by atoms with Gasteiger partial charge < -0.3 is 5.32 Å². The van der Waals surface area contributed by atoms with Gasteiger partial charge in [0.05, 0.1) is 17.8 Å². The van der Waals surface area contributed by atoms with Crippen LogP contribution in [0, 0.1) is 27.7 Å². The number of rotatable bonds is 4. The number of aryl methyl sites for hydroxylation is 3. The molecule has 0 unspecified atom stereocenters. The first kappa shape index (κ1) is 16.1. The van der Waals surface area contributed by atoms with E-state index in [0.717, 1.165) is 11.3 Å². The number of nitrogens with zero attached hydrogens (tertiary/aromatic N) is 4. The standard InChI is InChI=1S/C14H19F2N5O/c1-7-8(2)18-20(5)13(7)17-12(22)6-11-9(3)19-21(10(11)4)14(15)16/h14H,6H2,1-5H3,(H,17,22). The Bertz CT molecular complexity index is 717. The van der Waals surface area contributed by atoms with Gasteiger partial charge in [-0.25, -0.2) is 4.68 Å². The molecule has 0 saturated heterocycles. The number of carbonyl (C=O) groups excluding carboxylic acids is 1. The van der Waals surface area contributed by atoms with Crippen molar-refractivity contribution >= 4 is 11.7 Å². The summed E-state index contributed by atoms with van der Waals surface area (Å²) < 4.78 is 27.8. The Morgan fingerprint density at radius 1 is 1.18 bits per heavy atom. The van der Waals surface area contributed by atoms with E-state index in [4.69, 9.17) is 0 Å². The van der Waals surface area contributed by atoms with Crippen molar-refractivity contribution in [3.05, 3.63) is 28.2 Å². The number of alkyl halides is 2. The molecule has 2 rings (SSSR count).